The molecule has 0 spiro atoms. The summed E-state index contributed by atoms with van der Waals surface area (Å²) in [5, 5.41) is 11.0. The van der Waals surface area contributed by atoms with Crippen LogP contribution in [0.1, 0.15) is 26.5 Å². The predicted octanol–water partition coefficient (Wildman–Crippen LogP) is 10.2. The summed E-state index contributed by atoms with van der Waals surface area (Å²) in [6, 6.07) is 22.5. The van der Waals surface area contributed by atoms with E-state index in [1.54, 1.807) is 81.7 Å². The van der Waals surface area contributed by atoms with E-state index in [0.717, 1.165) is 0 Å². The summed E-state index contributed by atoms with van der Waals surface area (Å²) in [5.74, 6) is 3.04. The van der Waals surface area contributed by atoms with Crippen molar-refractivity contribution in [1.29, 1.82) is 0 Å². The number of carbonyl (C=O) groups excluding carboxylic acids is 1. The Balaban J connectivity index is 0.000000194. The molecule has 0 aliphatic heterocycles. The van der Waals surface area contributed by atoms with E-state index < -0.39 is 22.9 Å². The number of halogens is 4. The monoisotopic (exact) mass is 926 g/mol. The highest BCUT2D eigenvalue weighted by Gasteiger charge is 2.22. The number of ether oxygens (including phenoxy) is 4. The molecule has 334 valence electrons. The van der Waals surface area contributed by atoms with Crippen LogP contribution in [0.2, 0.25) is 5.15 Å². The standard InChI is InChI=1S/C13H11FN5OP.C13H9FN2O.C11H8ClFN2O.C6H11N3O2/c14-10-5-8(1-2-11(10)15)20-9-3-4-16-12(6-9)13-7-17-18-19(13)21;1-2-9-7-11(5-6-16-9)17-10-3-4-13(15)12(14)8-10;12-11-6-8(3-4-15-11)16-7-1-2-10(14)9(13)5-7;1-6(2,3)5(10)11-4-8-9-7/h1-7H,15,21H2;1,3-8H,15H2;1-6H,14H2;4H2,1-3H3. The van der Waals surface area contributed by atoms with Crippen molar-refractivity contribution < 1.29 is 36.9 Å². The average Bonchev–Trinajstić information content (AvgIpc) is 3.71. The fraction of sp³-hybridized carbons (Fsp3) is 0.116. The van der Waals surface area contributed by atoms with Gasteiger partial charge in [-0.1, -0.05) is 27.8 Å². The first-order valence-corrected chi connectivity index (χ1v) is 19.4. The van der Waals surface area contributed by atoms with E-state index >= 15 is 0 Å². The van der Waals surface area contributed by atoms with Crippen LogP contribution in [-0.4, -0.2) is 42.4 Å². The fourth-order valence-corrected chi connectivity index (χ4v) is 4.92. The van der Waals surface area contributed by atoms with E-state index in [2.05, 4.69) is 55.3 Å². The highest BCUT2D eigenvalue weighted by atomic mass is 35.5. The molecule has 0 bridgehead atoms. The number of hydrogen-bond donors (Lipinski definition) is 3. The third-order valence-electron chi connectivity index (χ3n) is 7.70. The molecule has 65 heavy (non-hydrogen) atoms. The fourth-order valence-electron chi connectivity index (χ4n) is 4.50. The maximum absolute atomic E-state index is 13.4. The largest absolute Gasteiger partial charge is 0.459 e. The van der Waals surface area contributed by atoms with Gasteiger partial charge in [0, 0.05) is 59.9 Å². The van der Waals surface area contributed by atoms with Crippen molar-refractivity contribution in [2.45, 2.75) is 20.8 Å². The van der Waals surface area contributed by atoms with Crippen LogP contribution in [0.4, 0.5) is 30.2 Å². The van der Waals surface area contributed by atoms with Crippen LogP contribution >= 0.6 is 21.0 Å². The van der Waals surface area contributed by atoms with Crippen molar-refractivity contribution in [3.8, 4) is 58.2 Å². The first kappa shape index (κ1) is 49.6. The minimum atomic E-state index is -0.537. The molecular weight excluding hydrogens is 888 g/mol. The summed E-state index contributed by atoms with van der Waals surface area (Å²) in [5.41, 5.74) is 25.5. The number of anilines is 3. The summed E-state index contributed by atoms with van der Waals surface area (Å²) in [7, 11) is 2.41. The van der Waals surface area contributed by atoms with E-state index in [0.29, 0.717) is 56.7 Å². The normalized spacial score (nSPS) is 10.1. The smallest absolute Gasteiger partial charge is 0.311 e. The van der Waals surface area contributed by atoms with Gasteiger partial charge in [-0.3, -0.25) is 9.78 Å². The molecule has 0 saturated heterocycles. The minimum Gasteiger partial charge on any atom is -0.459 e. The molecule has 3 aromatic carbocycles. The number of esters is 1. The van der Waals surface area contributed by atoms with Gasteiger partial charge in [-0.15, -0.1) is 11.5 Å². The third kappa shape index (κ3) is 16.3. The molecule has 0 fully saturated rings. The second kappa shape index (κ2) is 23.9. The van der Waals surface area contributed by atoms with E-state index in [1.165, 1.54) is 59.3 Å². The van der Waals surface area contributed by atoms with Crippen LogP contribution in [-0.2, 0) is 9.53 Å². The Bertz CT molecular complexity index is 2820. The zero-order valence-corrected chi connectivity index (χ0v) is 36.6. The van der Waals surface area contributed by atoms with Crippen molar-refractivity contribution in [2.75, 3.05) is 23.9 Å². The first-order valence-electron chi connectivity index (χ1n) is 18.5. The van der Waals surface area contributed by atoms with Crippen LogP contribution < -0.4 is 31.4 Å². The number of nitrogens with two attached hydrogens (primary N) is 3. The maximum Gasteiger partial charge on any atom is 0.311 e. The predicted molar refractivity (Wildman–Crippen MR) is 242 cm³/mol. The quantitative estimate of drug-likeness (QED) is 0.0178. The lowest BCUT2D eigenvalue weighted by atomic mass is 9.98. The molecule has 22 heteroatoms. The van der Waals surface area contributed by atoms with Gasteiger partial charge < -0.3 is 36.1 Å². The Labute approximate surface area is 377 Å². The average molecular weight is 927 g/mol. The van der Waals surface area contributed by atoms with Gasteiger partial charge in [-0.25, -0.2) is 27.6 Å². The molecular formula is C43H39ClF3N12O5P. The molecule has 0 saturated carbocycles. The summed E-state index contributed by atoms with van der Waals surface area (Å²) >= 11 is 5.68. The number of azide groups is 1. The molecule has 1 unspecified atom stereocenters. The number of rotatable bonds is 9. The van der Waals surface area contributed by atoms with Gasteiger partial charge in [0.1, 0.15) is 68.5 Å². The van der Waals surface area contributed by atoms with Crippen LogP contribution in [0, 0.1) is 35.2 Å². The van der Waals surface area contributed by atoms with Gasteiger partial charge >= 0.3 is 5.97 Å². The number of carbonyl (C=O) groups is 1. The lowest BCUT2D eigenvalue weighted by Gasteiger charge is -2.14. The summed E-state index contributed by atoms with van der Waals surface area (Å²) < 4.78 is 62.2. The molecule has 7 rings (SSSR count). The van der Waals surface area contributed by atoms with Gasteiger partial charge in [-0.05, 0) is 90.3 Å². The number of benzene rings is 3. The lowest BCUT2D eigenvalue weighted by Crippen LogP contribution is -2.22. The van der Waals surface area contributed by atoms with Gasteiger partial charge in [0.15, 0.2) is 6.73 Å². The van der Waals surface area contributed by atoms with Crippen molar-refractivity contribution in [3.05, 3.63) is 155 Å². The number of pyridine rings is 3. The molecule has 0 amide bonds. The van der Waals surface area contributed by atoms with Crippen molar-refractivity contribution >= 4 is 44.0 Å². The highest BCUT2D eigenvalue weighted by molar-refractivity contribution is 7.14. The van der Waals surface area contributed by atoms with Gasteiger partial charge in [0.05, 0.1) is 34.4 Å². The number of nitrogen functional groups attached to an aromatic ring is 3. The summed E-state index contributed by atoms with van der Waals surface area (Å²) in [6.45, 7) is 4.95. The SMILES string of the molecule is C#Cc1cc(Oc2ccc(N)c(F)c2)ccn1.CC(C)(C)C(=O)OCN=[N+]=[N-].Nc1ccc(Oc2ccnc(-c3cnnn3P)c2)cc1F.Nc1ccc(Oc2ccnc(Cl)c2)cc1F. The maximum atomic E-state index is 13.4. The Morgan fingerprint density at radius 1 is 0.769 bits per heavy atom. The Kier molecular flexibility index (Phi) is 18.2. The van der Waals surface area contributed by atoms with Crippen LogP contribution in [0.3, 0.4) is 0 Å². The molecule has 0 radical (unpaired) electrons. The molecule has 0 aliphatic carbocycles. The summed E-state index contributed by atoms with van der Waals surface area (Å²) in [4.78, 5) is 25.3. The van der Waals surface area contributed by atoms with Crippen LogP contribution in [0.5, 0.6) is 34.5 Å². The van der Waals surface area contributed by atoms with E-state index in [9.17, 15) is 18.0 Å². The molecule has 7 aromatic rings. The second-order valence-corrected chi connectivity index (χ2v) is 14.6. The van der Waals surface area contributed by atoms with Crippen molar-refractivity contribution in [2.24, 2.45) is 10.5 Å². The molecule has 1 atom stereocenters. The van der Waals surface area contributed by atoms with Gasteiger partial charge in [0.25, 0.3) is 0 Å². The van der Waals surface area contributed by atoms with Crippen LogP contribution in [0.25, 0.3) is 21.8 Å². The number of hydrogen-bond acceptors (Lipinski definition) is 14. The molecule has 4 heterocycles. The summed E-state index contributed by atoms with van der Waals surface area (Å²) in [6.07, 6.45) is 11.4. The topological polar surface area (TPSA) is 250 Å². The third-order valence-corrected chi connectivity index (χ3v) is 8.29. The molecule has 4 aromatic heterocycles. The molecule has 0 aliphatic rings. The number of nitrogens with zero attached hydrogens (tertiary/aromatic N) is 9. The second-order valence-electron chi connectivity index (χ2n) is 13.7. The van der Waals surface area contributed by atoms with Crippen LogP contribution in [0.15, 0.2) is 121 Å². The Morgan fingerprint density at radius 2 is 1.23 bits per heavy atom. The number of aromatic nitrogens is 6. The highest BCUT2D eigenvalue weighted by Crippen LogP contribution is 2.29. The van der Waals surface area contributed by atoms with E-state index in [-0.39, 0.29) is 29.8 Å². The Morgan fingerprint density at radius 3 is 1.66 bits per heavy atom. The van der Waals surface area contributed by atoms with E-state index in [4.69, 9.17) is 55.0 Å². The minimum absolute atomic E-state index is 0.0794. The Hall–Kier alpha value is -8.10. The van der Waals surface area contributed by atoms with Crippen molar-refractivity contribution in [3.63, 3.8) is 0 Å². The lowest BCUT2D eigenvalue weighted by molar-refractivity contribution is -0.152. The van der Waals surface area contributed by atoms with E-state index in [1.807, 2.05) is 0 Å². The zero-order chi connectivity index (χ0) is 47.5. The first-order chi connectivity index (χ1) is 30.9. The molecule has 17 nitrogen and oxygen atoms in total. The number of terminal acetylenes is 1. The van der Waals surface area contributed by atoms with Gasteiger partial charge in [0.2, 0.25) is 0 Å². The van der Waals surface area contributed by atoms with Gasteiger partial charge in [-0.2, -0.15) is 0 Å². The van der Waals surface area contributed by atoms with Crippen molar-refractivity contribution in [1.82, 2.24) is 29.7 Å². The zero-order valence-electron chi connectivity index (χ0n) is 34.6. The molecule has 6 N–H and O–H groups in total.